The molecule has 2 unspecified atom stereocenters. The highest BCUT2D eigenvalue weighted by Crippen LogP contribution is 2.23. The number of hydrogen-bond acceptors (Lipinski definition) is 5. The number of ether oxygens (including phenoxy) is 2. The van der Waals surface area contributed by atoms with Crippen LogP contribution in [0, 0.1) is 0 Å². The Morgan fingerprint density at radius 3 is 2.36 bits per heavy atom. The van der Waals surface area contributed by atoms with Crippen molar-refractivity contribution in [1.82, 2.24) is 5.32 Å². The minimum Gasteiger partial charge on any atom is -0.467 e. The van der Waals surface area contributed by atoms with Crippen molar-refractivity contribution in [1.29, 1.82) is 0 Å². The zero-order valence-electron chi connectivity index (χ0n) is 11.5. The molecule has 0 saturated heterocycles. The van der Waals surface area contributed by atoms with Crippen molar-refractivity contribution >= 4 is 12.1 Å². The lowest BCUT2D eigenvalue weighted by Crippen LogP contribution is -2.54. The summed E-state index contributed by atoms with van der Waals surface area (Å²) in [5.41, 5.74) is 0.601. The zero-order chi connectivity index (χ0) is 16.8. The molecule has 1 amide bonds. The molecule has 1 aromatic rings. The molecule has 0 aromatic heterocycles. The molecule has 0 spiro atoms. The summed E-state index contributed by atoms with van der Waals surface area (Å²) in [6, 6.07) is 6.05. The van der Waals surface area contributed by atoms with Gasteiger partial charge in [0.1, 0.15) is 6.61 Å². The molecule has 2 N–H and O–H groups in total. The van der Waals surface area contributed by atoms with E-state index in [9.17, 15) is 22.8 Å². The fraction of sp³-hybridized carbons (Fsp3) is 0.385. The molecular formula is C13H14F3NO5. The Morgan fingerprint density at radius 1 is 1.27 bits per heavy atom. The second-order valence-corrected chi connectivity index (χ2v) is 4.19. The molecule has 122 valence electrons. The van der Waals surface area contributed by atoms with E-state index in [1.54, 1.807) is 35.6 Å². The minimum absolute atomic E-state index is 0.206. The van der Waals surface area contributed by atoms with Crippen LogP contribution in [0.3, 0.4) is 0 Å². The van der Waals surface area contributed by atoms with Gasteiger partial charge in [-0.05, 0) is 5.56 Å². The lowest BCUT2D eigenvalue weighted by molar-refractivity contribution is -0.215. The van der Waals surface area contributed by atoms with E-state index in [4.69, 9.17) is 5.11 Å². The van der Waals surface area contributed by atoms with E-state index in [0.29, 0.717) is 5.56 Å². The van der Waals surface area contributed by atoms with E-state index in [2.05, 4.69) is 9.47 Å². The van der Waals surface area contributed by atoms with Crippen LogP contribution < -0.4 is 5.32 Å². The lowest BCUT2D eigenvalue weighted by atomic mass is 10.1. The number of rotatable bonds is 5. The number of hydrogen-bond donors (Lipinski definition) is 2. The molecule has 22 heavy (non-hydrogen) atoms. The number of amides is 1. The van der Waals surface area contributed by atoms with Crippen LogP contribution in [-0.4, -0.2) is 42.6 Å². The Kier molecular flexibility index (Phi) is 6.17. The molecular weight excluding hydrogens is 307 g/mol. The van der Waals surface area contributed by atoms with E-state index in [0.717, 1.165) is 7.11 Å². The first-order valence-electron chi connectivity index (χ1n) is 6.05. The SMILES string of the molecule is COC(=O)C(NC(=O)OCc1ccccc1)C(O)C(F)(F)F. The highest BCUT2D eigenvalue weighted by molar-refractivity contribution is 5.82. The number of aliphatic hydroxyl groups excluding tert-OH is 1. The van der Waals surface area contributed by atoms with Crippen molar-refractivity contribution < 1.29 is 37.3 Å². The normalized spacial score (nSPS) is 13.9. The van der Waals surface area contributed by atoms with Gasteiger partial charge in [-0.1, -0.05) is 30.3 Å². The number of methoxy groups -OCH3 is 1. The molecule has 0 aliphatic carbocycles. The van der Waals surface area contributed by atoms with Gasteiger partial charge >= 0.3 is 18.2 Å². The third-order valence-electron chi connectivity index (χ3n) is 2.59. The standard InChI is InChI=1S/C13H14F3NO5/c1-21-11(19)9(10(18)13(14,15)16)17-12(20)22-7-8-5-3-2-4-6-8/h2-6,9-10,18H,7H2,1H3,(H,17,20). The number of carbonyl (C=O) groups excluding carboxylic acids is 2. The van der Waals surface area contributed by atoms with Crippen LogP contribution in [0.2, 0.25) is 0 Å². The largest absolute Gasteiger partial charge is 0.467 e. The Hall–Kier alpha value is -2.29. The molecule has 9 heteroatoms. The van der Waals surface area contributed by atoms with Crippen LogP contribution in [-0.2, 0) is 20.9 Å². The molecule has 2 atom stereocenters. The molecule has 1 aromatic carbocycles. The highest BCUT2D eigenvalue weighted by atomic mass is 19.4. The van der Waals surface area contributed by atoms with Crippen LogP contribution in [0.4, 0.5) is 18.0 Å². The minimum atomic E-state index is -5.11. The Balaban J connectivity index is 2.65. The van der Waals surface area contributed by atoms with Gasteiger partial charge in [0.2, 0.25) is 0 Å². The van der Waals surface area contributed by atoms with Crippen LogP contribution in [0.5, 0.6) is 0 Å². The molecule has 0 aliphatic heterocycles. The molecule has 6 nitrogen and oxygen atoms in total. The predicted molar refractivity (Wildman–Crippen MR) is 67.6 cm³/mol. The summed E-state index contributed by atoms with van der Waals surface area (Å²) in [5.74, 6) is -1.44. The Morgan fingerprint density at radius 2 is 1.86 bits per heavy atom. The average molecular weight is 321 g/mol. The summed E-state index contributed by atoms with van der Waals surface area (Å²) < 4.78 is 46.1. The van der Waals surface area contributed by atoms with E-state index < -0.39 is 30.4 Å². The van der Waals surface area contributed by atoms with Crippen molar-refractivity contribution in [3.05, 3.63) is 35.9 Å². The highest BCUT2D eigenvalue weighted by Gasteiger charge is 2.48. The fourth-order valence-electron chi connectivity index (χ4n) is 1.47. The molecule has 1 rings (SSSR count). The number of benzene rings is 1. The maximum Gasteiger partial charge on any atom is 0.416 e. The molecule has 0 fully saturated rings. The quantitative estimate of drug-likeness (QED) is 0.800. The number of halogens is 3. The topological polar surface area (TPSA) is 84.9 Å². The van der Waals surface area contributed by atoms with Crippen LogP contribution in [0.25, 0.3) is 0 Å². The van der Waals surface area contributed by atoms with E-state index in [1.165, 1.54) is 0 Å². The van der Waals surface area contributed by atoms with Gasteiger partial charge in [0, 0.05) is 0 Å². The van der Waals surface area contributed by atoms with Gasteiger partial charge in [-0.3, -0.25) is 0 Å². The molecule has 0 bridgehead atoms. The van der Waals surface area contributed by atoms with Crippen LogP contribution in [0.1, 0.15) is 5.56 Å². The number of aliphatic hydroxyl groups is 1. The maximum absolute atomic E-state index is 12.4. The molecule has 0 saturated carbocycles. The van der Waals surface area contributed by atoms with Crippen molar-refractivity contribution in [3.8, 4) is 0 Å². The van der Waals surface area contributed by atoms with Crippen LogP contribution >= 0.6 is 0 Å². The third kappa shape index (κ3) is 5.24. The fourth-order valence-corrected chi connectivity index (χ4v) is 1.47. The van der Waals surface area contributed by atoms with Crippen molar-refractivity contribution in [2.24, 2.45) is 0 Å². The van der Waals surface area contributed by atoms with Crippen molar-refractivity contribution in [2.45, 2.75) is 24.9 Å². The molecule has 0 aliphatic rings. The van der Waals surface area contributed by atoms with E-state index in [-0.39, 0.29) is 6.61 Å². The lowest BCUT2D eigenvalue weighted by Gasteiger charge is -2.23. The van der Waals surface area contributed by atoms with Gasteiger partial charge in [-0.15, -0.1) is 0 Å². The first kappa shape index (κ1) is 17.8. The number of carbonyl (C=O) groups is 2. The summed E-state index contributed by atoms with van der Waals surface area (Å²) in [7, 11) is 0.829. The summed E-state index contributed by atoms with van der Waals surface area (Å²) in [6.45, 7) is -0.206. The monoisotopic (exact) mass is 321 g/mol. The maximum atomic E-state index is 12.4. The van der Waals surface area contributed by atoms with Gasteiger partial charge in [-0.2, -0.15) is 13.2 Å². The van der Waals surface area contributed by atoms with Gasteiger partial charge in [-0.25, -0.2) is 9.59 Å². The number of esters is 1. The van der Waals surface area contributed by atoms with Crippen molar-refractivity contribution in [3.63, 3.8) is 0 Å². The first-order valence-corrected chi connectivity index (χ1v) is 6.05. The van der Waals surface area contributed by atoms with Crippen LogP contribution in [0.15, 0.2) is 30.3 Å². The average Bonchev–Trinajstić information content (AvgIpc) is 2.49. The summed E-state index contributed by atoms with van der Waals surface area (Å²) in [6.07, 6.45) is -9.50. The number of alkyl carbamates (subject to hydrolysis) is 1. The number of alkyl halides is 3. The molecule has 0 heterocycles. The molecule has 0 radical (unpaired) electrons. The zero-order valence-corrected chi connectivity index (χ0v) is 11.5. The van der Waals surface area contributed by atoms with Gasteiger partial charge < -0.3 is 19.9 Å². The van der Waals surface area contributed by atoms with Gasteiger partial charge in [0.15, 0.2) is 12.1 Å². The Labute approximate surface area is 123 Å². The Bertz CT molecular complexity index is 506. The second kappa shape index (κ2) is 7.64. The van der Waals surface area contributed by atoms with Gasteiger partial charge in [0.25, 0.3) is 0 Å². The number of nitrogens with one attached hydrogen (secondary N) is 1. The second-order valence-electron chi connectivity index (χ2n) is 4.19. The third-order valence-corrected chi connectivity index (χ3v) is 2.59. The van der Waals surface area contributed by atoms with Gasteiger partial charge in [0.05, 0.1) is 7.11 Å². The summed E-state index contributed by atoms with van der Waals surface area (Å²) in [5, 5.41) is 10.7. The predicted octanol–water partition coefficient (Wildman–Crippen LogP) is 1.38. The summed E-state index contributed by atoms with van der Waals surface area (Å²) in [4.78, 5) is 22.7. The van der Waals surface area contributed by atoms with E-state index in [1.807, 2.05) is 0 Å². The summed E-state index contributed by atoms with van der Waals surface area (Å²) >= 11 is 0. The first-order chi connectivity index (χ1) is 10.3. The van der Waals surface area contributed by atoms with Crippen molar-refractivity contribution in [2.75, 3.05) is 7.11 Å². The van der Waals surface area contributed by atoms with E-state index >= 15 is 0 Å². The smallest absolute Gasteiger partial charge is 0.416 e.